The zero-order chi connectivity index (χ0) is 32.9. The summed E-state index contributed by atoms with van der Waals surface area (Å²) in [6.45, 7) is 5.21. The first-order valence-electron chi connectivity index (χ1n) is 13.7. The number of benzene rings is 3. The minimum Gasteiger partial charge on any atom is -0.493 e. The van der Waals surface area contributed by atoms with Crippen molar-refractivity contribution in [3.8, 4) is 40.2 Å². The summed E-state index contributed by atoms with van der Waals surface area (Å²) in [6, 6.07) is 11.8. The fourth-order valence-electron chi connectivity index (χ4n) is 4.52. The number of esters is 1. The number of fused-ring (bicyclic) bond motifs is 1. The maximum atomic E-state index is 15.3. The van der Waals surface area contributed by atoms with E-state index in [0.29, 0.717) is 33.9 Å². The number of amides is 1. The molecule has 11 nitrogen and oxygen atoms in total. The van der Waals surface area contributed by atoms with Gasteiger partial charge >= 0.3 is 5.97 Å². The standard InChI is InChI=1S/C33H35FN2O9/c1-33(2,3)30(45-32(38)18-13-27(41-6)29(43-8)28(14-18)42-7)31(37)36-19-9-10-24(21(34)15-19)44-23-11-12-35-22-17-26(40-5)25(39-4)16-20(22)23/h9-17,30H,1-8H3,(H,36,37). The minimum absolute atomic E-state index is 0.0822. The molecule has 238 valence electrons. The van der Waals surface area contributed by atoms with Crippen molar-refractivity contribution in [1.29, 1.82) is 0 Å². The van der Waals surface area contributed by atoms with Crippen molar-refractivity contribution in [3.05, 3.63) is 66.1 Å². The molecule has 1 atom stereocenters. The Morgan fingerprint density at radius 3 is 1.93 bits per heavy atom. The fourth-order valence-corrected chi connectivity index (χ4v) is 4.52. The second kappa shape index (κ2) is 13.6. The van der Waals surface area contributed by atoms with Gasteiger partial charge in [0.1, 0.15) is 5.75 Å². The number of pyridine rings is 1. The van der Waals surface area contributed by atoms with Gasteiger partial charge in [-0.1, -0.05) is 20.8 Å². The van der Waals surface area contributed by atoms with E-state index in [1.54, 1.807) is 39.0 Å². The van der Waals surface area contributed by atoms with Gasteiger partial charge < -0.3 is 38.5 Å². The van der Waals surface area contributed by atoms with Crippen LogP contribution in [0.25, 0.3) is 10.9 Å². The number of anilines is 1. The van der Waals surface area contributed by atoms with Gasteiger partial charge in [0.05, 0.1) is 46.6 Å². The van der Waals surface area contributed by atoms with Gasteiger partial charge in [0, 0.05) is 34.8 Å². The topological polar surface area (TPSA) is 124 Å². The van der Waals surface area contributed by atoms with Crippen LogP contribution in [-0.2, 0) is 9.53 Å². The Labute approximate surface area is 260 Å². The van der Waals surface area contributed by atoms with E-state index in [1.165, 1.54) is 66.0 Å². The van der Waals surface area contributed by atoms with E-state index in [0.717, 1.165) is 6.07 Å². The van der Waals surface area contributed by atoms with Crippen LogP contribution in [0.5, 0.6) is 40.2 Å². The Balaban J connectivity index is 1.54. The van der Waals surface area contributed by atoms with Crippen molar-refractivity contribution in [2.75, 3.05) is 40.9 Å². The zero-order valence-electron chi connectivity index (χ0n) is 26.3. The van der Waals surface area contributed by atoms with Crippen LogP contribution in [0.3, 0.4) is 0 Å². The molecule has 1 amide bonds. The summed E-state index contributed by atoms with van der Waals surface area (Å²) in [5.74, 6) is -0.193. The van der Waals surface area contributed by atoms with Crippen molar-refractivity contribution in [1.82, 2.24) is 4.98 Å². The molecule has 0 radical (unpaired) electrons. The number of aromatic nitrogens is 1. The molecule has 0 saturated heterocycles. The SMILES string of the molecule is COc1cc2nccc(Oc3ccc(NC(=O)C(OC(=O)c4cc(OC)c(OC)c(OC)c4)C(C)(C)C)cc3F)c2cc1OC. The van der Waals surface area contributed by atoms with Crippen molar-refractivity contribution >= 4 is 28.5 Å². The molecule has 0 saturated carbocycles. The van der Waals surface area contributed by atoms with Crippen LogP contribution in [0.15, 0.2) is 54.7 Å². The number of nitrogens with one attached hydrogen (secondary N) is 1. The Kier molecular flexibility index (Phi) is 9.85. The Hall–Kier alpha value is -5.26. The highest BCUT2D eigenvalue weighted by Crippen LogP contribution is 2.40. The molecule has 0 aliphatic rings. The second-order valence-electron chi connectivity index (χ2n) is 10.8. The first-order valence-corrected chi connectivity index (χ1v) is 13.7. The van der Waals surface area contributed by atoms with E-state index < -0.39 is 29.2 Å². The molecule has 0 spiro atoms. The minimum atomic E-state index is -1.25. The number of methoxy groups -OCH3 is 5. The first kappa shape index (κ1) is 32.6. The predicted molar refractivity (Wildman–Crippen MR) is 165 cm³/mol. The fraction of sp³-hybridized carbons (Fsp3) is 0.303. The molecule has 3 aromatic carbocycles. The van der Waals surface area contributed by atoms with Crippen LogP contribution in [-0.4, -0.2) is 58.5 Å². The average molecular weight is 623 g/mol. The zero-order valence-corrected chi connectivity index (χ0v) is 26.3. The van der Waals surface area contributed by atoms with Crippen LogP contribution in [0.1, 0.15) is 31.1 Å². The smallest absolute Gasteiger partial charge is 0.339 e. The van der Waals surface area contributed by atoms with Crippen LogP contribution in [0.2, 0.25) is 0 Å². The maximum Gasteiger partial charge on any atom is 0.339 e. The van der Waals surface area contributed by atoms with Gasteiger partial charge in [0.25, 0.3) is 5.91 Å². The van der Waals surface area contributed by atoms with E-state index >= 15 is 4.39 Å². The molecule has 1 aromatic heterocycles. The van der Waals surface area contributed by atoms with Gasteiger partial charge in [-0.05, 0) is 36.4 Å². The normalized spacial score (nSPS) is 11.8. The van der Waals surface area contributed by atoms with Crippen molar-refractivity contribution in [2.45, 2.75) is 26.9 Å². The first-order chi connectivity index (χ1) is 21.4. The summed E-state index contributed by atoms with van der Waals surface area (Å²) in [5, 5.41) is 3.21. The van der Waals surface area contributed by atoms with Gasteiger partial charge in [-0.3, -0.25) is 9.78 Å². The summed E-state index contributed by atoms with van der Waals surface area (Å²) in [5.41, 5.74) is -0.0508. The number of carbonyl (C=O) groups excluding carboxylic acids is 2. The Morgan fingerprint density at radius 1 is 0.756 bits per heavy atom. The summed E-state index contributed by atoms with van der Waals surface area (Å²) in [7, 11) is 7.30. The number of ether oxygens (including phenoxy) is 7. The highest BCUT2D eigenvalue weighted by molar-refractivity contribution is 5.98. The van der Waals surface area contributed by atoms with Gasteiger partial charge in [-0.25, -0.2) is 9.18 Å². The second-order valence-corrected chi connectivity index (χ2v) is 10.8. The van der Waals surface area contributed by atoms with E-state index in [4.69, 9.17) is 33.2 Å². The van der Waals surface area contributed by atoms with Crippen molar-refractivity contribution in [2.24, 2.45) is 5.41 Å². The highest BCUT2D eigenvalue weighted by Gasteiger charge is 2.36. The van der Waals surface area contributed by atoms with E-state index in [1.807, 2.05) is 0 Å². The molecule has 1 N–H and O–H groups in total. The van der Waals surface area contributed by atoms with Gasteiger partial charge in [-0.2, -0.15) is 0 Å². The lowest BCUT2D eigenvalue weighted by Gasteiger charge is -2.29. The molecule has 0 aliphatic heterocycles. The molecular formula is C33H35FN2O9. The Morgan fingerprint density at radius 2 is 1.38 bits per heavy atom. The van der Waals surface area contributed by atoms with Gasteiger partial charge in [-0.15, -0.1) is 0 Å². The van der Waals surface area contributed by atoms with Gasteiger partial charge in [0.2, 0.25) is 5.75 Å². The van der Waals surface area contributed by atoms with E-state index in [2.05, 4.69) is 10.3 Å². The van der Waals surface area contributed by atoms with Crippen molar-refractivity contribution < 1.29 is 47.1 Å². The Bertz CT molecular complexity index is 1690. The van der Waals surface area contributed by atoms with Crippen LogP contribution in [0, 0.1) is 11.2 Å². The largest absolute Gasteiger partial charge is 0.493 e. The lowest BCUT2D eigenvalue weighted by atomic mass is 9.88. The molecule has 0 aliphatic carbocycles. The molecule has 12 heteroatoms. The predicted octanol–water partition coefficient (Wildman–Crippen LogP) is 6.42. The lowest BCUT2D eigenvalue weighted by Crippen LogP contribution is -2.42. The quantitative estimate of drug-likeness (QED) is 0.188. The molecule has 1 unspecified atom stereocenters. The molecule has 45 heavy (non-hydrogen) atoms. The molecule has 4 aromatic rings. The van der Waals surface area contributed by atoms with Crippen LogP contribution < -0.4 is 33.7 Å². The van der Waals surface area contributed by atoms with Crippen LogP contribution >= 0.6 is 0 Å². The highest BCUT2D eigenvalue weighted by atomic mass is 19.1. The van der Waals surface area contributed by atoms with E-state index in [-0.39, 0.29) is 28.5 Å². The number of hydrogen-bond donors (Lipinski definition) is 1. The summed E-state index contributed by atoms with van der Waals surface area (Å²) in [4.78, 5) is 30.9. The van der Waals surface area contributed by atoms with Gasteiger partial charge in [0.15, 0.2) is 40.7 Å². The van der Waals surface area contributed by atoms with Crippen LogP contribution in [0.4, 0.5) is 10.1 Å². The lowest BCUT2D eigenvalue weighted by molar-refractivity contribution is -0.130. The average Bonchev–Trinajstić information content (AvgIpc) is 3.02. The third-order valence-electron chi connectivity index (χ3n) is 6.78. The third kappa shape index (κ3) is 7.11. The number of hydrogen-bond acceptors (Lipinski definition) is 10. The molecule has 0 bridgehead atoms. The summed E-state index contributed by atoms with van der Waals surface area (Å²) < 4.78 is 53.5. The molecular weight excluding hydrogens is 587 g/mol. The summed E-state index contributed by atoms with van der Waals surface area (Å²) in [6.07, 6.45) is 0.278. The monoisotopic (exact) mass is 622 g/mol. The number of carbonyl (C=O) groups is 2. The maximum absolute atomic E-state index is 15.3. The summed E-state index contributed by atoms with van der Waals surface area (Å²) >= 11 is 0. The van der Waals surface area contributed by atoms with E-state index in [9.17, 15) is 9.59 Å². The number of nitrogens with zero attached hydrogens (tertiary/aromatic N) is 1. The number of halogens is 1. The third-order valence-corrected chi connectivity index (χ3v) is 6.78. The molecule has 1 heterocycles. The molecule has 4 rings (SSSR count). The molecule has 0 fully saturated rings. The number of rotatable bonds is 11. The van der Waals surface area contributed by atoms with Crippen molar-refractivity contribution in [3.63, 3.8) is 0 Å².